The fourth-order valence-electron chi connectivity index (χ4n) is 3.51. The second-order valence-corrected chi connectivity index (χ2v) is 6.14. The second kappa shape index (κ2) is 6.97. The second-order valence-electron chi connectivity index (χ2n) is 6.14. The molecular formula is C18H24N2O2. The van der Waals surface area contributed by atoms with Crippen LogP contribution in [-0.2, 0) is 0 Å². The molecule has 1 aromatic rings. The number of likely N-dealkylation sites (tertiary alicyclic amines) is 1. The summed E-state index contributed by atoms with van der Waals surface area (Å²) in [6, 6.07) is 7.50. The van der Waals surface area contributed by atoms with E-state index in [1.54, 1.807) is 6.08 Å². The molecule has 1 N–H and O–H groups in total. The Morgan fingerprint density at radius 2 is 1.95 bits per heavy atom. The molecule has 2 aliphatic rings. The molecule has 2 heterocycles. The highest BCUT2D eigenvalue weighted by molar-refractivity contribution is 5.97. The summed E-state index contributed by atoms with van der Waals surface area (Å²) in [6.45, 7) is 7.97. The number of carbonyl (C=O) groups excluding carboxylic acids is 1. The maximum Gasteiger partial charge on any atom is 0.257 e. The first-order chi connectivity index (χ1) is 10.8. The van der Waals surface area contributed by atoms with Crippen LogP contribution in [0.1, 0.15) is 23.2 Å². The minimum absolute atomic E-state index is 0.0904. The first-order valence-electron chi connectivity index (χ1n) is 8.12. The Balaban J connectivity index is 1.72. The number of nitrogens with zero attached hydrogens (tertiary/aromatic N) is 1. The number of ether oxygens (including phenoxy) is 1. The minimum atomic E-state index is 0.0904. The van der Waals surface area contributed by atoms with Crippen molar-refractivity contribution in [3.05, 3.63) is 42.5 Å². The van der Waals surface area contributed by atoms with Gasteiger partial charge in [-0.3, -0.25) is 4.79 Å². The zero-order valence-corrected chi connectivity index (χ0v) is 13.0. The predicted octanol–water partition coefficient (Wildman–Crippen LogP) is 2.32. The lowest BCUT2D eigenvalue weighted by Gasteiger charge is -2.22. The summed E-state index contributed by atoms with van der Waals surface area (Å²) in [6.07, 6.45) is 3.89. The number of carbonyl (C=O) groups is 1. The van der Waals surface area contributed by atoms with Gasteiger partial charge in [-0.05, 0) is 49.9 Å². The summed E-state index contributed by atoms with van der Waals surface area (Å²) in [7, 11) is 0. The molecule has 22 heavy (non-hydrogen) atoms. The van der Waals surface area contributed by atoms with E-state index in [2.05, 4.69) is 11.9 Å². The third-order valence-corrected chi connectivity index (χ3v) is 4.78. The molecule has 0 aliphatic carbocycles. The lowest BCUT2D eigenvalue weighted by Crippen LogP contribution is -2.33. The maximum atomic E-state index is 12.9. The van der Waals surface area contributed by atoms with E-state index in [0.29, 0.717) is 17.9 Å². The van der Waals surface area contributed by atoms with Crippen LogP contribution in [0.25, 0.3) is 0 Å². The van der Waals surface area contributed by atoms with Crippen LogP contribution >= 0.6 is 0 Å². The number of nitrogens with one attached hydrogen (secondary N) is 1. The summed E-state index contributed by atoms with van der Waals surface area (Å²) in [4.78, 5) is 14.9. The zero-order valence-electron chi connectivity index (χ0n) is 13.0. The van der Waals surface area contributed by atoms with Gasteiger partial charge in [0.25, 0.3) is 5.91 Å². The molecule has 118 valence electrons. The Kier molecular flexibility index (Phi) is 4.78. The van der Waals surface area contributed by atoms with E-state index in [-0.39, 0.29) is 5.91 Å². The Labute approximate surface area is 132 Å². The molecule has 2 saturated heterocycles. The average molecular weight is 300 g/mol. The number of rotatable bonds is 4. The molecule has 0 spiro atoms. The van der Waals surface area contributed by atoms with Crippen molar-refractivity contribution >= 4 is 5.91 Å². The van der Waals surface area contributed by atoms with E-state index < -0.39 is 0 Å². The van der Waals surface area contributed by atoms with Crippen LogP contribution in [0, 0.1) is 11.8 Å². The Morgan fingerprint density at radius 1 is 1.27 bits per heavy atom. The van der Waals surface area contributed by atoms with Gasteiger partial charge in [0.15, 0.2) is 0 Å². The van der Waals surface area contributed by atoms with E-state index >= 15 is 0 Å². The Bertz CT molecular complexity index is 530. The number of benzene rings is 1. The normalized spacial score (nSPS) is 24.5. The van der Waals surface area contributed by atoms with E-state index in [9.17, 15) is 4.79 Å². The van der Waals surface area contributed by atoms with Gasteiger partial charge in [0.05, 0.1) is 5.56 Å². The first kappa shape index (κ1) is 15.1. The predicted molar refractivity (Wildman–Crippen MR) is 87.1 cm³/mol. The molecule has 0 radical (unpaired) electrons. The molecule has 0 unspecified atom stereocenters. The van der Waals surface area contributed by atoms with Gasteiger partial charge in [-0.2, -0.15) is 0 Å². The molecule has 1 aromatic carbocycles. The van der Waals surface area contributed by atoms with Crippen molar-refractivity contribution in [1.29, 1.82) is 0 Å². The average Bonchev–Trinajstić information content (AvgIpc) is 2.91. The fourth-order valence-corrected chi connectivity index (χ4v) is 3.51. The lowest BCUT2D eigenvalue weighted by molar-refractivity contribution is 0.0754. The number of fused-ring (bicyclic) bond motifs is 1. The number of para-hydroxylation sites is 1. The van der Waals surface area contributed by atoms with Gasteiger partial charge >= 0.3 is 0 Å². The smallest absolute Gasteiger partial charge is 0.257 e. The zero-order chi connectivity index (χ0) is 15.4. The molecule has 2 aliphatic heterocycles. The topological polar surface area (TPSA) is 41.6 Å². The molecule has 4 heteroatoms. The van der Waals surface area contributed by atoms with Gasteiger partial charge in [-0.25, -0.2) is 0 Å². The highest BCUT2D eigenvalue weighted by atomic mass is 16.5. The molecular weight excluding hydrogens is 276 g/mol. The SMILES string of the molecule is C=CCOc1ccccc1C(=O)N1CC[C@@H]2CNC[C@@H]2CC1. The van der Waals surface area contributed by atoms with Crippen molar-refractivity contribution < 1.29 is 9.53 Å². The van der Waals surface area contributed by atoms with Crippen LogP contribution in [0.15, 0.2) is 36.9 Å². The van der Waals surface area contributed by atoms with E-state index in [1.807, 2.05) is 29.2 Å². The summed E-state index contributed by atoms with van der Waals surface area (Å²) in [5.74, 6) is 2.20. The minimum Gasteiger partial charge on any atom is -0.489 e. The van der Waals surface area contributed by atoms with Gasteiger partial charge in [0, 0.05) is 13.1 Å². The van der Waals surface area contributed by atoms with Crippen LogP contribution in [0.2, 0.25) is 0 Å². The molecule has 3 rings (SSSR count). The molecule has 0 aromatic heterocycles. The third-order valence-electron chi connectivity index (χ3n) is 4.78. The van der Waals surface area contributed by atoms with Crippen molar-refractivity contribution in [3.8, 4) is 5.75 Å². The molecule has 4 nitrogen and oxygen atoms in total. The van der Waals surface area contributed by atoms with Crippen molar-refractivity contribution in [2.24, 2.45) is 11.8 Å². The van der Waals surface area contributed by atoms with Crippen LogP contribution in [0.3, 0.4) is 0 Å². The summed E-state index contributed by atoms with van der Waals surface area (Å²) < 4.78 is 5.63. The van der Waals surface area contributed by atoms with Gasteiger partial charge in [0.2, 0.25) is 0 Å². The molecule has 0 saturated carbocycles. The summed E-state index contributed by atoms with van der Waals surface area (Å²) in [5, 5.41) is 3.47. The van der Waals surface area contributed by atoms with E-state index in [0.717, 1.165) is 50.9 Å². The van der Waals surface area contributed by atoms with Crippen molar-refractivity contribution in [3.63, 3.8) is 0 Å². The lowest BCUT2D eigenvalue weighted by atomic mass is 9.92. The summed E-state index contributed by atoms with van der Waals surface area (Å²) >= 11 is 0. The van der Waals surface area contributed by atoms with Gasteiger partial charge in [0.1, 0.15) is 12.4 Å². The van der Waals surface area contributed by atoms with Crippen LogP contribution in [-0.4, -0.2) is 43.6 Å². The number of hydrogen-bond acceptors (Lipinski definition) is 3. The van der Waals surface area contributed by atoms with Gasteiger partial charge in [-0.1, -0.05) is 24.8 Å². The van der Waals surface area contributed by atoms with Crippen LogP contribution in [0.4, 0.5) is 0 Å². The Morgan fingerprint density at radius 3 is 2.64 bits per heavy atom. The van der Waals surface area contributed by atoms with Gasteiger partial charge < -0.3 is 15.0 Å². The quantitative estimate of drug-likeness (QED) is 0.868. The summed E-state index contributed by atoms with van der Waals surface area (Å²) in [5.41, 5.74) is 0.662. The van der Waals surface area contributed by atoms with Crippen LogP contribution in [0.5, 0.6) is 5.75 Å². The fraction of sp³-hybridized carbons (Fsp3) is 0.500. The van der Waals surface area contributed by atoms with Crippen LogP contribution < -0.4 is 10.1 Å². The molecule has 2 atom stereocenters. The van der Waals surface area contributed by atoms with Crippen molar-refractivity contribution in [2.45, 2.75) is 12.8 Å². The van der Waals surface area contributed by atoms with Crippen molar-refractivity contribution in [1.82, 2.24) is 10.2 Å². The largest absolute Gasteiger partial charge is 0.489 e. The van der Waals surface area contributed by atoms with Crippen molar-refractivity contribution in [2.75, 3.05) is 32.8 Å². The molecule has 2 fully saturated rings. The number of amides is 1. The van der Waals surface area contributed by atoms with Gasteiger partial charge in [-0.15, -0.1) is 0 Å². The first-order valence-corrected chi connectivity index (χ1v) is 8.12. The van der Waals surface area contributed by atoms with E-state index in [1.165, 1.54) is 0 Å². The Hall–Kier alpha value is -1.81. The highest BCUT2D eigenvalue weighted by Gasteiger charge is 2.32. The highest BCUT2D eigenvalue weighted by Crippen LogP contribution is 2.28. The number of hydrogen-bond donors (Lipinski definition) is 1. The van der Waals surface area contributed by atoms with E-state index in [4.69, 9.17) is 4.74 Å². The third kappa shape index (κ3) is 3.17. The monoisotopic (exact) mass is 300 g/mol. The molecule has 0 bridgehead atoms. The maximum absolute atomic E-state index is 12.9. The molecule has 1 amide bonds. The standard InChI is InChI=1S/C18H24N2O2/c1-2-11-22-17-6-4-3-5-16(17)18(21)20-9-7-14-12-19-13-15(14)8-10-20/h2-6,14-15,19H,1,7-13H2/t14-,15+.